The van der Waals surface area contributed by atoms with E-state index in [1.807, 2.05) is 0 Å². The van der Waals surface area contributed by atoms with Gasteiger partial charge in [-0.3, -0.25) is 0 Å². The number of alkyl halides is 1. The van der Waals surface area contributed by atoms with Crippen molar-refractivity contribution in [2.75, 3.05) is 0 Å². The molecule has 0 aliphatic heterocycles. The zero-order valence-corrected chi connectivity index (χ0v) is 11.9. The van der Waals surface area contributed by atoms with Crippen molar-refractivity contribution in [2.24, 2.45) is 5.92 Å². The van der Waals surface area contributed by atoms with Crippen LogP contribution in [-0.2, 0) is 0 Å². The van der Waals surface area contributed by atoms with E-state index in [2.05, 4.69) is 28.1 Å². The van der Waals surface area contributed by atoms with Crippen LogP contribution in [0.4, 0.5) is 0 Å². The molecule has 3 heteroatoms. The Labute approximate surface area is 109 Å². The van der Waals surface area contributed by atoms with Crippen molar-refractivity contribution in [3.8, 4) is 0 Å². The monoisotopic (exact) mass is 306 g/mol. The summed E-state index contributed by atoms with van der Waals surface area (Å²) in [6.07, 6.45) is 8.17. The SMILES string of the molecule is ClC(CC1CCCCC1)c1ccc(Br)s1. The predicted molar refractivity (Wildman–Crippen MR) is 71.8 cm³/mol. The van der Waals surface area contributed by atoms with Gasteiger partial charge in [0, 0.05) is 4.88 Å². The van der Waals surface area contributed by atoms with Crippen molar-refractivity contribution in [1.29, 1.82) is 0 Å². The fourth-order valence-electron chi connectivity index (χ4n) is 2.33. The molecule has 0 bridgehead atoms. The summed E-state index contributed by atoms with van der Waals surface area (Å²) in [5.41, 5.74) is 0. The highest BCUT2D eigenvalue weighted by Crippen LogP contribution is 2.38. The highest BCUT2D eigenvalue weighted by molar-refractivity contribution is 9.11. The van der Waals surface area contributed by atoms with Crippen LogP contribution in [0, 0.1) is 5.92 Å². The zero-order valence-electron chi connectivity index (χ0n) is 8.72. The van der Waals surface area contributed by atoms with Crippen molar-refractivity contribution in [2.45, 2.75) is 43.9 Å². The molecule has 0 aromatic carbocycles. The van der Waals surface area contributed by atoms with Gasteiger partial charge < -0.3 is 0 Å². The molecule has 1 aliphatic carbocycles. The fourth-order valence-corrected chi connectivity index (χ4v) is 4.20. The summed E-state index contributed by atoms with van der Waals surface area (Å²) in [5.74, 6) is 0.863. The number of thiophene rings is 1. The van der Waals surface area contributed by atoms with Crippen LogP contribution in [0.3, 0.4) is 0 Å². The van der Waals surface area contributed by atoms with E-state index in [1.165, 1.54) is 40.8 Å². The lowest BCUT2D eigenvalue weighted by Crippen LogP contribution is -2.08. The maximum absolute atomic E-state index is 6.44. The van der Waals surface area contributed by atoms with Crippen LogP contribution >= 0.6 is 38.9 Å². The first-order chi connectivity index (χ1) is 7.25. The molecular formula is C12H16BrClS. The van der Waals surface area contributed by atoms with Gasteiger partial charge in [0.05, 0.1) is 9.16 Å². The third-order valence-corrected chi connectivity index (χ3v) is 5.45. The molecule has 1 aromatic heterocycles. The zero-order chi connectivity index (χ0) is 10.7. The Hall–Kier alpha value is 0.470. The van der Waals surface area contributed by atoms with Crippen molar-refractivity contribution >= 4 is 38.9 Å². The third-order valence-electron chi connectivity index (χ3n) is 3.17. The molecule has 1 heterocycles. The number of hydrogen-bond donors (Lipinski definition) is 0. The normalized spacial score (nSPS) is 20.4. The van der Waals surface area contributed by atoms with E-state index >= 15 is 0 Å². The smallest absolute Gasteiger partial charge is 0.0701 e. The lowest BCUT2D eigenvalue weighted by atomic mass is 9.86. The fraction of sp³-hybridized carbons (Fsp3) is 0.667. The second-order valence-corrected chi connectivity index (χ2v) is 7.37. The van der Waals surface area contributed by atoms with Gasteiger partial charge in [0.25, 0.3) is 0 Å². The van der Waals surface area contributed by atoms with Crippen molar-refractivity contribution in [3.63, 3.8) is 0 Å². The minimum absolute atomic E-state index is 0.226. The van der Waals surface area contributed by atoms with E-state index in [1.54, 1.807) is 11.3 Å². The standard InChI is InChI=1S/C12H16BrClS/c13-12-7-6-11(15-12)10(14)8-9-4-2-1-3-5-9/h6-7,9-10H,1-5,8H2. The molecule has 0 amide bonds. The molecule has 0 N–H and O–H groups in total. The highest BCUT2D eigenvalue weighted by Gasteiger charge is 2.19. The summed E-state index contributed by atoms with van der Waals surface area (Å²) in [6, 6.07) is 4.24. The summed E-state index contributed by atoms with van der Waals surface area (Å²) < 4.78 is 1.19. The molecule has 0 spiro atoms. The molecule has 1 unspecified atom stereocenters. The predicted octanol–water partition coefficient (Wildman–Crippen LogP) is 5.76. The summed E-state index contributed by atoms with van der Waals surface area (Å²) in [4.78, 5) is 1.31. The van der Waals surface area contributed by atoms with Crippen LogP contribution in [0.1, 0.15) is 48.8 Å². The van der Waals surface area contributed by atoms with Gasteiger partial charge in [0.15, 0.2) is 0 Å². The number of halogens is 2. The van der Waals surface area contributed by atoms with Gasteiger partial charge >= 0.3 is 0 Å². The Kier molecular flexibility index (Phi) is 4.53. The molecule has 1 aliphatic rings. The Morgan fingerprint density at radius 2 is 2.07 bits per heavy atom. The van der Waals surface area contributed by atoms with Gasteiger partial charge in [-0.15, -0.1) is 22.9 Å². The number of rotatable bonds is 3. The van der Waals surface area contributed by atoms with Crippen LogP contribution < -0.4 is 0 Å². The molecule has 1 aromatic rings. The van der Waals surface area contributed by atoms with E-state index in [4.69, 9.17) is 11.6 Å². The van der Waals surface area contributed by atoms with Crippen LogP contribution in [0.5, 0.6) is 0 Å². The molecule has 0 radical (unpaired) electrons. The summed E-state index contributed by atoms with van der Waals surface area (Å²) in [7, 11) is 0. The number of hydrogen-bond acceptors (Lipinski definition) is 1. The molecule has 1 saturated carbocycles. The minimum Gasteiger partial charge on any atom is -0.132 e. The van der Waals surface area contributed by atoms with Gasteiger partial charge in [-0.1, -0.05) is 32.1 Å². The van der Waals surface area contributed by atoms with Crippen molar-refractivity contribution in [3.05, 3.63) is 20.8 Å². The van der Waals surface area contributed by atoms with E-state index in [-0.39, 0.29) is 5.38 Å². The average molecular weight is 308 g/mol. The first-order valence-electron chi connectivity index (χ1n) is 5.65. The van der Waals surface area contributed by atoms with E-state index < -0.39 is 0 Å². The first-order valence-corrected chi connectivity index (χ1v) is 7.69. The second-order valence-electron chi connectivity index (χ2n) is 4.35. The first kappa shape index (κ1) is 11.9. The highest BCUT2D eigenvalue weighted by atomic mass is 79.9. The maximum Gasteiger partial charge on any atom is 0.0701 e. The summed E-state index contributed by atoms with van der Waals surface area (Å²) >= 11 is 11.7. The minimum atomic E-state index is 0.226. The Balaban J connectivity index is 1.88. The summed E-state index contributed by atoms with van der Waals surface area (Å²) in [6.45, 7) is 0. The largest absolute Gasteiger partial charge is 0.132 e. The van der Waals surface area contributed by atoms with Gasteiger partial charge in [-0.05, 0) is 40.4 Å². The molecule has 84 valence electrons. The maximum atomic E-state index is 6.44. The topological polar surface area (TPSA) is 0 Å². The molecule has 0 saturated heterocycles. The third kappa shape index (κ3) is 3.47. The Morgan fingerprint density at radius 3 is 2.67 bits per heavy atom. The van der Waals surface area contributed by atoms with E-state index in [0.29, 0.717) is 0 Å². The van der Waals surface area contributed by atoms with E-state index in [9.17, 15) is 0 Å². The molecule has 1 atom stereocenters. The Morgan fingerprint density at radius 1 is 1.33 bits per heavy atom. The van der Waals surface area contributed by atoms with Crippen LogP contribution in [0.2, 0.25) is 0 Å². The average Bonchev–Trinajstić information content (AvgIpc) is 2.66. The molecule has 15 heavy (non-hydrogen) atoms. The van der Waals surface area contributed by atoms with Crippen LogP contribution in [0.25, 0.3) is 0 Å². The Bertz CT molecular complexity index is 304. The lowest BCUT2D eigenvalue weighted by Gasteiger charge is -2.23. The van der Waals surface area contributed by atoms with Gasteiger partial charge in [0.1, 0.15) is 0 Å². The second kappa shape index (κ2) is 5.70. The van der Waals surface area contributed by atoms with E-state index in [0.717, 1.165) is 12.3 Å². The summed E-state index contributed by atoms with van der Waals surface area (Å²) in [5, 5.41) is 0.226. The molecule has 2 rings (SSSR count). The van der Waals surface area contributed by atoms with Gasteiger partial charge in [-0.2, -0.15) is 0 Å². The lowest BCUT2D eigenvalue weighted by molar-refractivity contribution is 0.337. The van der Waals surface area contributed by atoms with Gasteiger partial charge in [-0.25, -0.2) is 0 Å². The van der Waals surface area contributed by atoms with Crippen molar-refractivity contribution in [1.82, 2.24) is 0 Å². The van der Waals surface area contributed by atoms with Gasteiger partial charge in [0.2, 0.25) is 0 Å². The molecule has 0 nitrogen and oxygen atoms in total. The molecule has 1 fully saturated rings. The quantitative estimate of drug-likeness (QED) is 0.623. The van der Waals surface area contributed by atoms with Crippen molar-refractivity contribution < 1.29 is 0 Å². The van der Waals surface area contributed by atoms with Crippen LogP contribution in [0.15, 0.2) is 15.9 Å². The van der Waals surface area contributed by atoms with Crippen LogP contribution in [-0.4, -0.2) is 0 Å². The molecular weight excluding hydrogens is 292 g/mol.